The first kappa shape index (κ1) is 21.7. The molecule has 0 heterocycles. The summed E-state index contributed by atoms with van der Waals surface area (Å²) in [6.07, 6.45) is 20.6. The maximum absolute atomic E-state index is 2.30. The second-order valence-electron chi connectivity index (χ2n) is 6.22. The molecule has 3 heteroatoms. The van der Waals surface area contributed by atoms with Gasteiger partial charge in [-0.1, -0.05) is 116 Å². The van der Waals surface area contributed by atoms with Crippen LogP contribution in [0.1, 0.15) is 104 Å². The predicted molar refractivity (Wildman–Crippen MR) is 103 cm³/mol. The van der Waals surface area contributed by atoms with E-state index in [9.17, 15) is 0 Å². The molecule has 0 bridgehead atoms. The molecule has 0 aliphatic carbocycles. The summed E-state index contributed by atoms with van der Waals surface area (Å²) in [5.41, 5.74) is 0. The van der Waals surface area contributed by atoms with Crippen LogP contribution in [-0.2, 0) is 0 Å². The lowest BCUT2D eigenvalue weighted by molar-refractivity contribution is 0.601. The molecule has 0 N–H and O–H groups in total. The molecule has 0 aliphatic heterocycles. The summed E-state index contributed by atoms with van der Waals surface area (Å²) in [7, 11) is 3.91. The largest absolute Gasteiger partial charge is 0.0654 e. The third kappa shape index (κ3) is 20.7. The second kappa shape index (κ2) is 20.7. The molecule has 122 valence electrons. The van der Waals surface area contributed by atoms with E-state index in [1.165, 1.54) is 129 Å². The first-order chi connectivity index (χ1) is 10.4. The standard InChI is InChI=1S/C18H38Si3/c1-3-5-7-9-11-13-15-17-19-21-20-18-16-14-12-10-8-6-4-2/h3-18H2,1-2H3. The van der Waals surface area contributed by atoms with Gasteiger partial charge in [-0.25, -0.2) is 0 Å². The van der Waals surface area contributed by atoms with Crippen LogP contribution < -0.4 is 0 Å². The lowest BCUT2D eigenvalue weighted by Crippen LogP contribution is -2.11. The van der Waals surface area contributed by atoms with Gasteiger partial charge in [0.15, 0.2) is 0 Å². The van der Waals surface area contributed by atoms with Crippen LogP contribution in [0.15, 0.2) is 0 Å². The molecule has 0 nitrogen and oxygen atoms in total. The van der Waals surface area contributed by atoms with E-state index in [2.05, 4.69) is 13.8 Å². The average molecular weight is 339 g/mol. The van der Waals surface area contributed by atoms with Gasteiger partial charge in [-0.05, 0) is 0 Å². The summed E-state index contributed by atoms with van der Waals surface area (Å²) in [4.78, 5) is 0. The number of unbranched alkanes of at least 4 members (excludes halogenated alkanes) is 12. The van der Waals surface area contributed by atoms with Crippen LogP contribution in [0, 0.1) is 0 Å². The maximum atomic E-state index is 2.30. The van der Waals surface area contributed by atoms with Gasteiger partial charge in [-0.3, -0.25) is 0 Å². The zero-order valence-corrected chi connectivity index (χ0v) is 17.8. The van der Waals surface area contributed by atoms with Gasteiger partial charge in [0, 0.05) is 26.6 Å². The molecular weight excluding hydrogens is 300 g/mol. The number of hydrogen-bond acceptors (Lipinski definition) is 0. The molecule has 0 atom stereocenters. The Hall–Kier alpha value is 0.651. The minimum absolute atomic E-state index is 1.30. The molecule has 0 spiro atoms. The molecule has 0 aromatic carbocycles. The SMILES string of the molecule is CCCCCCCCC[Si][Si][Si]CCCCCCCCC. The normalized spacial score (nSPS) is 11.1. The topological polar surface area (TPSA) is 0 Å². The highest BCUT2D eigenvalue weighted by Crippen LogP contribution is 2.09. The fraction of sp³-hybridized carbons (Fsp3) is 1.00. The average Bonchev–Trinajstić information content (AvgIpc) is 2.50. The summed E-state index contributed by atoms with van der Waals surface area (Å²) < 4.78 is 0. The summed E-state index contributed by atoms with van der Waals surface area (Å²) in [5, 5.41) is 0. The zero-order chi connectivity index (χ0) is 15.4. The molecule has 6 radical (unpaired) electrons. The maximum Gasteiger partial charge on any atom is 0.0183 e. The van der Waals surface area contributed by atoms with Crippen molar-refractivity contribution < 1.29 is 0 Å². The van der Waals surface area contributed by atoms with E-state index in [-0.39, 0.29) is 0 Å². The van der Waals surface area contributed by atoms with Crippen LogP contribution >= 0.6 is 0 Å². The van der Waals surface area contributed by atoms with Crippen LogP contribution in [0.3, 0.4) is 0 Å². The molecule has 0 fully saturated rings. The lowest BCUT2D eigenvalue weighted by Gasteiger charge is -2.02. The summed E-state index contributed by atoms with van der Waals surface area (Å²) >= 11 is 0. The fourth-order valence-electron chi connectivity index (χ4n) is 2.53. The van der Waals surface area contributed by atoms with Crippen molar-refractivity contribution in [2.45, 2.75) is 116 Å². The van der Waals surface area contributed by atoms with E-state index in [4.69, 9.17) is 0 Å². The van der Waals surface area contributed by atoms with E-state index in [0.717, 1.165) is 0 Å². The van der Waals surface area contributed by atoms with E-state index in [1.807, 2.05) is 0 Å². The molecule has 0 amide bonds. The van der Waals surface area contributed by atoms with Crippen LogP contribution in [0.2, 0.25) is 12.1 Å². The van der Waals surface area contributed by atoms with E-state index in [1.54, 1.807) is 0 Å². The van der Waals surface area contributed by atoms with Gasteiger partial charge in [0.2, 0.25) is 0 Å². The highest BCUT2D eigenvalue weighted by Gasteiger charge is 1.96. The number of rotatable bonds is 18. The molecule has 0 saturated heterocycles. The van der Waals surface area contributed by atoms with Gasteiger partial charge in [-0.2, -0.15) is 0 Å². The van der Waals surface area contributed by atoms with Crippen LogP contribution in [0.4, 0.5) is 0 Å². The Morgan fingerprint density at radius 3 is 1.14 bits per heavy atom. The van der Waals surface area contributed by atoms with Gasteiger partial charge in [-0.15, -0.1) is 0 Å². The third-order valence-corrected chi connectivity index (χ3v) is 11.3. The Bertz CT molecular complexity index is 156. The molecular formula is C18H38Si3. The number of hydrogen-bond donors (Lipinski definition) is 0. The van der Waals surface area contributed by atoms with Gasteiger partial charge >= 0.3 is 0 Å². The predicted octanol–water partition coefficient (Wildman–Crippen LogP) is 6.27. The van der Waals surface area contributed by atoms with Crippen LogP contribution in [-0.4, -0.2) is 26.6 Å². The van der Waals surface area contributed by atoms with E-state index >= 15 is 0 Å². The van der Waals surface area contributed by atoms with Gasteiger partial charge in [0.05, 0.1) is 0 Å². The van der Waals surface area contributed by atoms with Crippen molar-refractivity contribution in [3.8, 4) is 0 Å². The zero-order valence-electron chi connectivity index (χ0n) is 14.8. The third-order valence-electron chi connectivity index (χ3n) is 3.99. The van der Waals surface area contributed by atoms with Crippen molar-refractivity contribution in [3.05, 3.63) is 0 Å². The van der Waals surface area contributed by atoms with Crippen molar-refractivity contribution >= 4 is 26.6 Å². The molecule has 0 saturated carbocycles. The Morgan fingerprint density at radius 2 is 0.762 bits per heavy atom. The fourth-order valence-corrected chi connectivity index (χ4v) is 9.32. The van der Waals surface area contributed by atoms with Crippen molar-refractivity contribution in [1.29, 1.82) is 0 Å². The highest BCUT2D eigenvalue weighted by molar-refractivity contribution is 7.29. The minimum Gasteiger partial charge on any atom is -0.0654 e. The van der Waals surface area contributed by atoms with Crippen LogP contribution in [0.5, 0.6) is 0 Å². The summed E-state index contributed by atoms with van der Waals surface area (Å²) in [6.45, 7) is 4.60. The first-order valence-electron chi connectivity index (χ1n) is 9.62. The van der Waals surface area contributed by atoms with E-state index < -0.39 is 0 Å². The Balaban J connectivity index is 2.90. The highest BCUT2D eigenvalue weighted by atomic mass is 29.5. The summed E-state index contributed by atoms with van der Waals surface area (Å²) in [6, 6.07) is 3.08. The van der Waals surface area contributed by atoms with Crippen molar-refractivity contribution in [2.24, 2.45) is 0 Å². The first-order valence-corrected chi connectivity index (χ1v) is 15.0. The van der Waals surface area contributed by atoms with Crippen molar-refractivity contribution in [1.82, 2.24) is 0 Å². The van der Waals surface area contributed by atoms with Crippen molar-refractivity contribution in [3.63, 3.8) is 0 Å². The van der Waals surface area contributed by atoms with Gasteiger partial charge < -0.3 is 0 Å². The quantitative estimate of drug-likeness (QED) is 0.204. The Morgan fingerprint density at radius 1 is 0.429 bits per heavy atom. The van der Waals surface area contributed by atoms with Gasteiger partial charge in [0.25, 0.3) is 0 Å². The smallest absolute Gasteiger partial charge is 0.0183 e. The molecule has 0 rings (SSSR count). The minimum atomic E-state index is 1.30. The Labute approximate surface area is 142 Å². The summed E-state index contributed by atoms with van der Waals surface area (Å²) in [5.74, 6) is 0. The monoisotopic (exact) mass is 338 g/mol. The molecule has 0 aliphatic rings. The Kier molecular flexibility index (Phi) is 21.3. The lowest BCUT2D eigenvalue weighted by atomic mass is 10.1. The van der Waals surface area contributed by atoms with Crippen molar-refractivity contribution in [2.75, 3.05) is 0 Å². The molecule has 0 aromatic heterocycles. The second-order valence-corrected chi connectivity index (χ2v) is 13.3. The van der Waals surface area contributed by atoms with Crippen LogP contribution in [0.25, 0.3) is 0 Å². The van der Waals surface area contributed by atoms with Gasteiger partial charge in [0.1, 0.15) is 0 Å². The molecule has 0 aromatic rings. The van der Waals surface area contributed by atoms with E-state index in [0.29, 0.717) is 0 Å². The molecule has 0 unspecified atom stereocenters. The molecule has 21 heavy (non-hydrogen) atoms.